The molecule has 0 aliphatic carbocycles. The van der Waals surface area contributed by atoms with E-state index in [0.717, 1.165) is 22.6 Å². The molecule has 3 aromatic rings. The highest BCUT2D eigenvalue weighted by atomic mass is 35.5. The zero-order valence-electron chi connectivity index (χ0n) is 12.8. The summed E-state index contributed by atoms with van der Waals surface area (Å²) in [4.78, 5) is 16.5. The van der Waals surface area contributed by atoms with Crippen molar-refractivity contribution >= 4 is 40.4 Å². The molecule has 0 spiro atoms. The Morgan fingerprint density at radius 3 is 2.83 bits per heavy atom. The van der Waals surface area contributed by atoms with E-state index in [4.69, 9.17) is 21.3 Å². The third kappa shape index (κ3) is 3.01. The number of hydrogen-bond donors (Lipinski definition) is 0. The lowest BCUT2D eigenvalue weighted by atomic mass is 10.2. The number of rotatable bonds is 4. The molecule has 1 aromatic heterocycles. The fourth-order valence-electron chi connectivity index (χ4n) is 2.80. The molecule has 122 valence electrons. The van der Waals surface area contributed by atoms with Gasteiger partial charge in [-0.2, -0.15) is 0 Å². The third-order valence-electron chi connectivity index (χ3n) is 3.99. The molecule has 2 heterocycles. The van der Waals surface area contributed by atoms with Crippen LogP contribution in [-0.4, -0.2) is 27.4 Å². The number of carbonyl (C=O) groups excluding carboxylic acids is 1. The fourth-order valence-corrected chi connectivity index (χ4v) is 4.04. The molecule has 0 amide bonds. The summed E-state index contributed by atoms with van der Waals surface area (Å²) < 4.78 is 7.21. The molecule has 4 nitrogen and oxygen atoms in total. The number of thioether (sulfide) groups is 1. The van der Waals surface area contributed by atoms with Crippen LogP contribution in [0.1, 0.15) is 12.0 Å². The molecule has 0 saturated carbocycles. The van der Waals surface area contributed by atoms with Crippen LogP contribution in [0.15, 0.2) is 53.7 Å². The highest BCUT2D eigenvalue weighted by Gasteiger charge is 2.29. The lowest BCUT2D eigenvalue weighted by Gasteiger charge is -2.10. The van der Waals surface area contributed by atoms with Gasteiger partial charge in [-0.25, -0.2) is 4.98 Å². The van der Waals surface area contributed by atoms with Gasteiger partial charge in [-0.3, -0.25) is 4.79 Å². The second-order valence-electron chi connectivity index (χ2n) is 5.66. The summed E-state index contributed by atoms with van der Waals surface area (Å²) in [5.74, 6) is -0.156. The van der Waals surface area contributed by atoms with Crippen molar-refractivity contribution in [2.24, 2.45) is 0 Å². The highest BCUT2D eigenvalue weighted by molar-refractivity contribution is 8.00. The Morgan fingerprint density at radius 1 is 1.25 bits per heavy atom. The lowest BCUT2D eigenvalue weighted by Crippen LogP contribution is -2.11. The van der Waals surface area contributed by atoms with Gasteiger partial charge in [0.2, 0.25) is 0 Å². The normalized spacial score (nSPS) is 17.4. The SMILES string of the molecule is O=C1OCC[C@@H]1Sc1nc2cc(Cl)ccc2n1Cc1ccccc1. The molecule has 24 heavy (non-hydrogen) atoms. The minimum absolute atomic E-state index is 0.156. The number of cyclic esters (lactones) is 1. The first-order valence-corrected chi connectivity index (χ1v) is 8.99. The summed E-state index contributed by atoms with van der Waals surface area (Å²) in [6.45, 7) is 1.18. The van der Waals surface area contributed by atoms with E-state index in [2.05, 4.69) is 16.7 Å². The van der Waals surface area contributed by atoms with Gasteiger partial charge >= 0.3 is 5.97 Å². The number of esters is 1. The van der Waals surface area contributed by atoms with Gasteiger partial charge in [-0.05, 0) is 23.8 Å². The second-order valence-corrected chi connectivity index (χ2v) is 7.27. The Hall–Kier alpha value is -1.98. The van der Waals surface area contributed by atoms with E-state index >= 15 is 0 Å². The first-order chi connectivity index (χ1) is 11.7. The van der Waals surface area contributed by atoms with Crippen molar-refractivity contribution in [3.8, 4) is 0 Å². The molecule has 1 fully saturated rings. The van der Waals surface area contributed by atoms with Gasteiger partial charge in [-0.1, -0.05) is 53.7 Å². The van der Waals surface area contributed by atoms with Gasteiger partial charge in [0, 0.05) is 11.4 Å². The zero-order chi connectivity index (χ0) is 16.5. The molecule has 0 bridgehead atoms. The molecule has 6 heteroatoms. The minimum atomic E-state index is -0.188. The molecular formula is C18H15ClN2O2S. The predicted molar refractivity (Wildman–Crippen MR) is 95.5 cm³/mol. The van der Waals surface area contributed by atoms with Crippen molar-refractivity contribution in [3.63, 3.8) is 0 Å². The maximum atomic E-state index is 11.8. The van der Waals surface area contributed by atoms with Crippen LogP contribution in [0.4, 0.5) is 0 Å². The van der Waals surface area contributed by atoms with Crippen molar-refractivity contribution in [1.82, 2.24) is 9.55 Å². The summed E-state index contributed by atoms with van der Waals surface area (Å²) in [6.07, 6.45) is 0.721. The van der Waals surface area contributed by atoms with Gasteiger partial charge in [-0.15, -0.1) is 0 Å². The van der Waals surface area contributed by atoms with Crippen LogP contribution < -0.4 is 0 Å². The van der Waals surface area contributed by atoms with E-state index in [9.17, 15) is 4.79 Å². The predicted octanol–water partition coefficient (Wildman–Crippen LogP) is 4.15. The number of imidazole rings is 1. The molecule has 1 saturated heterocycles. The molecule has 0 N–H and O–H groups in total. The quantitative estimate of drug-likeness (QED) is 0.657. The van der Waals surface area contributed by atoms with Crippen LogP contribution in [0.5, 0.6) is 0 Å². The first kappa shape index (κ1) is 15.5. The zero-order valence-corrected chi connectivity index (χ0v) is 14.4. The molecule has 4 rings (SSSR count). The van der Waals surface area contributed by atoms with Crippen LogP contribution in [0.2, 0.25) is 5.02 Å². The first-order valence-electron chi connectivity index (χ1n) is 7.74. The van der Waals surface area contributed by atoms with E-state index < -0.39 is 0 Å². The Morgan fingerprint density at radius 2 is 2.08 bits per heavy atom. The van der Waals surface area contributed by atoms with Crippen molar-refractivity contribution in [2.45, 2.75) is 23.4 Å². The fraction of sp³-hybridized carbons (Fsp3) is 0.222. The number of hydrogen-bond acceptors (Lipinski definition) is 4. The minimum Gasteiger partial charge on any atom is -0.465 e. The number of fused-ring (bicyclic) bond motifs is 1. The van der Waals surface area contributed by atoms with Crippen LogP contribution in [0.3, 0.4) is 0 Å². The maximum Gasteiger partial charge on any atom is 0.319 e. The van der Waals surface area contributed by atoms with Crippen molar-refractivity contribution in [3.05, 3.63) is 59.1 Å². The van der Waals surface area contributed by atoms with E-state index in [0.29, 0.717) is 18.2 Å². The molecule has 2 aromatic carbocycles. The topological polar surface area (TPSA) is 44.1 Å². The summed E-state index contributed by atoms with van der Waals surface area (Å²) >= 11 is 7.57. The van der Waals surface area contributed by atoms with E-state index in [1.807, 2.05) is 36.4 Å². The summed E-state index contributed by atoms with van der Waals surface area (Å²) in [5.41, 5.74) is 3.03. The Labute approximate surface area is 148 Å². The standard InChI is InChI=1S/C18H15ClN2O2S/c19-13-6-7-15-14(10-13)20-18(24-16-8-9-23-17(16)22)21(15)11-12-4-2-1-3-5-12/h1-7,10,16H,8-9,11H2/t16-/m0/s1. The molecule has 0 radical (unpaired) electrons. The molecule has 1 atom stereocenters. The van der Waals surface area contributed by atoms with Crippen LogP contribution in [-0.2, 0) is 16.1 Å². The number of ether oxygens (including phenoxy) is 1. The van der Waals surface area contributed by atoms with Gasteiger partial charge in [0.15, 0.2) is 5.16 Å². The largest absolute Gasteiger partial charge is 0.465 e. The highest BCUT2D eigenvalue weighted by Crippen LogP contribution is 2.32. The molecule has 1 aliphatic heterocycles. The second kappa shape index (κ2) is 6.49. The monoisotopic (exact) mass is 358 g/mol. The van der Waals surface area contributed by atoms with Gasteiger partial charge in [0.1, 0.15) is 5.25 Å². The van der Waals surface area contributed by atoms with Gasteiger partial charge in [0.25, 0.3) is 0 Å². The van der Waals surface area contributed by atoms with Crippen LogP contribution in [0.25, 0.3) is 11.0 Å². The molecular weight excluding hydrogens is 344 g/mol. The number of nitrogens with zero attached hydrogens (tertiary/aromatic N) is 2. The van der Waals surface area contributed by atoms with E-state index in [1.165, 1.54) is 17.3 Å². The maximum absolute atomic E-state index is 11.8. The van der Waals surface area contributed by atoms with E-state index in [-0.39, 0.29) is 11.2 Å². The van der Waals surface area contributed by atoms with Crippen LogP contribution >= 0.6 is 23.4 Å². The van der Waals surface area contributed by atoms with E-state index in [1.54, 1.807) is 0 Å². The average Bonchev–Trinajstić information content (AvgIpc) is 3.13. The number of carbonyl (C=O) groups is 1. The number of benzene rings is 2. The van der Waals surface area contributed by atoms with Gasteiger partial charge in [0.05, 0.1) is 24.2 Å². The third-order valence-corrected chi connectivity index (χ3v) is 5.46. The summed E-state index contributed by atoms with van der Waals surface area (Å²) in [6, 6.07) is 15.9. The summed E-state index contributed by atoms with van der Waals surface area (Å²) in [5, 5.41) is 1.29. The van der Waals surface area contributed by atoms with Gasteiger partial charge < -0.3 is 9.30 Å². The Balaban J connectivity index is 1.76. The molecule has 0 unspecified atom stereocenters. The average molecular weight is 359 g/mol. The lowest BCUT2D eigenvalue weighted by molar-refractivity contribution is -0.137. The van der Waals surface area contributed by atoms with Crippen molar-refractivity contribution in [1.29, 1.82) is 0 Å². The Kier molecular flexibility index (Phi) is 4.21. The smallest absolute Gasteiger partial charge is 0.319 e. The van der Waals surface area contributed by atoms with Crippen LogP contribution in [0, 0.1) is 0 Å². The van der Waals surface area contributed by atoms with Crippen molar-refractivity contribution < 1.29 is 9.53 Å². The van der Waals surface area contributed by atoms with Crippen molar-refractivity contribution in [2.75, 3.05) is 6.61 Å². The molecule has 1 aliphatic rings. The Bertz CT molecular complexity index is 895. The number of aromatic nitrogens is 2. The number of halogens is 1. The summed E-state index contributed by atoms with van der Waals surface area (Å²) in [7, 11) is 0.